The highest BCUT2D eigenvalue weighted by Crippen LogP contribution is 2.27. The molecule has 0 saturated carbocycles. The van der Waals surface area contributed by atoms with Crippen molar-refractivity contribution >= 4 is 0 Å². The smallest absolute Gasteiger partial charge is 0.329 e. The van der Waals surface area contributed by atoms with Crippen molar-refractivity contribution in [3.05, 3.63) is 0 Å². The van der Waals surface area contributed by atoms with E-state index in [4.69, 9.17) is 5.73 Å². The van der Waals surface area contributed by atoms with Crippen LogP contribution >= 0.6 is 0 Å². The van der Waals surface area contributed by atoms with Crippen LogP contribution in [0.2, 0.25) is 0 Å². The van der Waals surface area contributed by atoms with Crippen molar-refractivity contribution in [2.75, 3.05) is 40.3 Å². The van der Waals surface area contributed by atoms with Gasteiger partial charge in [0.1, 0.15) is 0 Å². The number of nitrogens with zero attached hydrogens (tertiary/aromatic N) is 2. The predicted molar refractivity (Wildman–Crippen MR) is 77.8 cm³/mol. The van der Waals surface area contributed by atoms with Crippen LogP contribution in [0.1, 0.15) is 39.5 Å². The largest absolute Gasteiger partial charge is 0.389 e. The lowest BCUT2D eigenvalue weighted by molar-refractivity contribution is -0.136. The molecule has 3 nitrogen and oxygen atoms in total. The molecule has 0 amide bonds. The predicted octanol–water partition coefficient (Wildman–Crippen LogP) is 2.71. The van der Waals surface area contributed by atoms with Gasteiger partial charge in [0.2, 0.25) is 0 Å². The van der Waals surface area contributed by atoms with Crippen LogP contribution in [0.4, 0.5) is 13.2 Å². The second-order valence-corrected chi connectivity index (χ2v) is 5.91. The fourth-order valence-corrected chi connectivity index (χ4v) is 2.45. The Hall–Kier alpha value is -0.330. The summed E-state index contributed by atoms with van der Waals surface area (Å²) in [6, 6.07) is 0. The molecule has 0 fully saturated rings. The molecule has 0 rings (SSSR count). The Bertz CT molecular complexity index is 257. The average molecular weight is 297 g/mol. The molecule has 0 aliphatic heterocycles. The quantitative estimate of drug-likeness (QED) is 0.673. The second kappa shape index (κ2) is 8.85. The highest BCUT2D eigenvalue weighted by molar-refractivity contribution is 4.87. The third kappa shape index (κ3) is 8.07. The van der Waals surface area contributed by atoms with Gasteiger partial charge in [0.05, 0.1) is 0 Å². The number of nitrogens with two attached hydrogens (primary N) is 1. The fraction of sp³-hybridized carbons (Fsp3) is 1.00. The summed E-state index contributed by atoms with van der Waals surface area (Å²) < 4.78 is 36.8. The van der Waals surface area contributed by atoms with Gasteiger partial charge < -0.3 is 10.6 Å². The average Bonchev–Trinajstić information content (AvgIpc) is 2.32. The molecule has 2 N–H and O–H groups in total. The Morgan fingerprint density at radius 2 is 1.60 bits per heavy atom. The summed E-state index contributed by atoms with van der Waals surface area (Å²) in [5.74, 6) is 0. The van der Waals surface area contributed by atoms with E-state index in [9.17, 15) is 13.2 Å². The zero-order valence-electron chi connectivity index (χ0n) is 13.3. The van der Waals surface area contributed by atoms with Gasteiger partial charge in [0.15, 0.2) is 0 Å². The lowest BCUT2D eigenvalue weighted by Gasteiger charge is -2.40. The Morgan fingerprint density at radius 3 is 2.00 bits per heavy atom. The molecule has 6 heteroatoms. The third-order valence-corrected chi connectivity index (χ3v) is 3.79. The summed E-state index contributed by atoms with van der Waals surface area (Å²) in [4.78, 5) is 4.32. The monoisotopic (exact) mass is 297 g/mol. The molecular weight excluding hydrogens is 267 g/mol. The van der Waals surface area contributed by atoms with Gasteiger partial charge in [-0.25, -0.2) is 0 Å². The van der Waals surface area contributed by atoms with Crippen LogP contribution in [0.5, 0.6) is 0 Å². The number of hydrogen-bond donors (Lipinski definition) is 1. The zero-order chi connectivity index (χ0) is 15.8. The van der Waals surface area contributed by atoms with Crippen molar-refractivity contribution in [1.29, 1.82) is 0 Å². The fourth-order valence-electron chi connectivity index (χ4n) is 2.45. The van der Waals surface area contributed by atoms with E-state index in [0.29, 0.717) is 13.0 Å². The highest BCUT2D eigenvalue weighted by Gasteiger charge is 2.32. The maximum absolute atomic E-state index is 12.3. The number of likely N-dealkylation sites (N-methyl/N-ethyl adjacent to an activating group) is 1. The third-order valence-electron chi connectivity index (χ3n) is 3.79. The first-order valence-corrected chi connectivity index (χ1v) is 7.31. The van der Waals surface area contributed by atoms with Crippen molar-refractivity contribution in [3.8, 4) is 0 Å². The summed E-state index contributed by atoms with van der Waals surface area (Å²) in [7, 11) is 4.03. The Labute approximate surface area is 121 Å². The van der Waals surface area contributed by atoms with Gasteiger partial charge in [0.25, 0.3) is 0 Å². The molecule has 0 aliphatic carbocycles. The van der Waals surface area contributed by atoms with Crippen LogP contribution < -0.4 is 5.73 Å². The molecule has 0 saturated heterocycles. The van der Waals surface area contributed by atoms with Crippen molar-refractivity contribution in [2.24, 2.45) is 5.73 Å². The van der Waals surface area contributed by atoms with Gasteiger partial charge in [-0.05, 0) is 59.9 Å². The number of rotatable bonds is 10. The van der Waals surface area contributed by atoms with E-state index >= 15 is 0 Å². The molecule has 20 heavy (non-hydrogen) atoms. The minimum absolute atomic E-state index is 0.140. The molecular formula is C14H30F3N3. The van der Waals surface area contributed by atoms with Crippen molar-refractivity contribution < 1.29 is 13.2 Å². The van der Waals surface area contributed by atoms with Crippen molar-refractivity contribution in [1.82, 2.24) is 9.80 Å². The summed E-state index contributed by atoms with van der Waals surface area (Å²) in [5, 5.41) is 0. The minimum atomic E-state index is -4.07. The van der Waals surface area contributed by atoms with Gasteiger partial charge in [-0.15, -0.1) is 0 Å². The molecule has 122 valence electrons. The molecule has 0 aromatic heterocycles. The molecule has 0 aliphatic rings. The summed E-state index contributed by atoms with van der Waals surface area (Å²) >= 11 is 0. The van der Waals surface area contributed by atoms with E-state index in [-0.39, 0.29) is 12.0 Å². The Balaban J connectivity index is 4.39. The normalized spacial score (nSPS) is 15.9. The van der Waals surface area contributed by atoms with E-state index in [1.54, 1.807) is 0 Å². The first-order chi connectivity index (χ1) is 9.14. The van der Waals surface area contributed by atoms with Gasteiger partial charge in [-0.2, -0.15) is 13.2 Å². The maximum atomic E-state index is 12.3. The minimum Gasteiger partial charge on any atom is -0.329 e. The first kappa shape index (κ1) is 19.7. The van der Waals surface area contributed by atoms with Gasteiger partial charge in [-0.3, -0.25) is 4.90 Å². The zero-order valence-corrected chi connectivity index (χ0v) is 13.3. The Morgan fingerprint density at radius 1 is 1.00 bits per heavy atom. The maximum Gasteiger partial charge on any atom is 0.389 e. The molecule has 0 aromatic carbocycles. The molecule has 0 spiro atoms. The highest BCUT2D eigenvalue weighted by atomic mass is 19.4. The molecule has 1 unspecified atom stereocenters. The summed E-state index contributed by atoms with van der Waals surface area (Å²) in [6.07, 6.45) is -3.18. The van der Waals surface area contributed by atoms with E-state index < -0.39 is 12.6 Å². The summed E-state index contributed by atoms with van der Waals surface area (Å²) in [6.45, 7) is 7.05. The van der Waals surface area contributed by atoms with Crippen LogP contribution in [0, 0.1) is 0 Å². The summed E-state index contributed by atoms with van der Waals surface area (Å²) in [5.41, 5.74) is 5.49. The van der Waals surface area contributed by atoms with Gasteiger partial charge >= 0.3 is 6.18 Å². The van der Waals surface area contributed by atoms with E-state index in [1.165, 1.54) is 0 Å². The van der Waals surface area contributed by atoms with Gasteiger partial charge in [-0.1, -0.05) is 6.92 Å². The van der Waals surface area contributed by atoms with Crippen molar-refractivity contribution in [3.63, 3.8) is 0 Å². The van der Waals surface area contributed by atoms with Crippen molar-refractivity contribution in [2.45, 2.75) is 51.2 Å². The van der Waals surface area contributed by atoms with E-state index in [1.807, 2.05) is 27.9 Å². The van der Waals surface area contributed by atoms with Crippen LogP contribution in [0.3, 0.4) is 0 Å². The SMILES string of the molecule is CCN(CCCN(C)C)C(C)(CN)CCCC(F)(F)F. The molecule has 0 bridgehead atoms. The van der Waals surface area contributed by atoms with Crippen LogP contribution in [-0.2, 0) is 0 Å². The number of hydrogen-bond acceptors (Lipinski definition) is 3. The van der Waals surface area contributed by atoms with Crippen LogP contribution in [-0.4, -0.2) is 61.8 Å². The first-order valence-electron chi connectivity index (χ1n) is 7.31. The van der Waals surface area contributed by atoms with Crippen LogP contribution in [0.15, 0.2) is 0 Å². The number of alkyl halides is 3. The lowest BCUT2D eigenvalue weighted by atomic mass is 9.92. The standard InChI is InChI=1S/C14H30F3N3/c1-5-20(11-7-10-19(3)4)13(2,12-18)8-6-9-14(15,16)17/h5-12,18H2,1-4H3. The second-order valence-electron chi connectivity index (χ2n) is 5.91. The lowest BCUT2D eigenvalue weighted by Crippen LogP contribution is -2.52. The number of halogens is 3. The molecule has 0 aromatic rings. The molecule has 0 radical (unpaired) electrons. The van der Waals surface area contributed by atoms with E-state index in [2.05, 4.69) is 9.80 Å². The molecule has 1 atom stereocenters. The van der Waals surface area contributed by atoms with Gasteiger partial charge in [0, 0.05) is 18.5 Å². The Kier molecular flexibility index (Phi) is 8.70. The van der Waals surface area contributed by atoms with E-state index in [0.717, 1.165) is 26.1 Å². The topological polar surface area (TPSA) is 32.5 Å². The van der Waals surface area contributed by atoms with Crippen LogP contribution in [0.25, 0.3) is 0 Å². The molecule has 0 heterocycles.